The summed E-state index contributed by atoms with van der Waals surface area (Å²) in [6, 6.07) is -0.234. The van der Waals surface area contributed by atoms with E-state index in [4.69, 9.17) is 9.84 Å². The first kappa shape index (κ1) is 8.33. The Morgan fingerprint density at radius 2 is 2.36 bits per heavy atom. The molecular formula is C7H13NO3. The summed E-state index contributed by atoms with van der Waals surface area (Å²) < 4.78 is 4.92. The van der Waals surface area contributed by atoms with Gasteiger partial charge in [-0.3, -0.25) is 0 Å². The summed E-state index contributed by atoms with van der Waals surface area (Å²) >= 11 is 0. The number of aliphatic hydroxyl groups excluding tert-OH is 1. The van der Waals surface area contributed by atoms with Crippen LogP contribution < -0.4 is 5.32 Å². The average Bonchev–Trinajstić information content (AvgIpc) is 2.30. The molecular weight excluding hydrogens is 146 g/mol. The van der Waals surface area contributed by atoms with Gasteiger partial charge in [0.2, 0.25) is 0 Å². The van der Waals surface area contributed by atoms with Gasteiger partial charge in [0.15, 0.2) is 0 Å². The summed E-state index contributed by atoms with van der Waals surface area (Å²) in [6.07, 6.45) is -0.616. The molecule has 0 bridgehead atoms. The Labute approximate surface area is 65.5 Å². The van der Waals surface area contributed by atoms with Crippen molar-refractivity contribution >= 4 is 6.09 Å². The number of hydrogen-bond donors (Lipinski definition) is 2. The van der Waals surface area contributed by atoms with Gasteiger partial charge in [-0.25, -0.2) is 4.79 Å². The second-order valence-corrected chi connectivity index (χ2v) is 3.05. The number of carbonyl (C=O) groups excluding carboxylic acids is 1. The third-order valence-corrected chi connectivity index (χ3v) is 1.80. The van der Waals surface area contributed by atoms with E-state index in [-0.39, 0.29) is 24.7 Å². The summed E-state index contributed by atoms with van der Waals surface area (Å²) in [6.45, 7) is 3.84. The highest BCUT2D eigenvalue weighted by atomic mass is 16.6. The lowest BCUT2D eigenvalue weighted by Crippen LogP contribution is -2.37. The monoisotopic (exact) mass is 159 g/mol. The van der Waals surface area contributed by atoms with E-state index in [1.165, 1.54) is 0 Å². The maximum absolute atomic E-state index is 10.7. The number of ether oxygens (including phenoxy) is 1. The zero-order chi connectivity index (χ0) is 8.43. The van der Waals surface area contributed by atoms with Gasteiger partial charge in [-0.1, -0.05) is 13.8 Å². The standard InChI is InChI=1S/C7H13NO3/c1-4(2)6-5(3-9)8-7(10)11-6/h4-6,9H,3H2,1-2H3,(H,8,10). The first-order valence-electron chi connectivity index (χ1n) is 3.73. The van der Waals surface area contributed by atoms with Crippen LogP contribution in [0.3, 0.4) is 0 Å². The average molecular weight is 159 g/mol. The van der Waals surface area contributed by atoms with Crippen molar-refractivity contribution in [2.24, 2.45) is 5.92 Å². The van der Waals surface area contributed by atoms with Crippen LogP contribution in [0.25, 0.3) is 0 Å². The van der Waals surface area contributed by atoms with E-state index in [1.807, 2.05) is 13.8 Å². The third kappa shape index (κ3) is 1.63. The molecule has 0 aromatic rings. The van der Waals surface area contributed by atoms with Crippen molar-refractivity contribution in [1.29, 1.82) is 0 Å². The van der Waals surface area contributed by atoms with E-state index >= 15 is 0 Å². The van der Waals surface area contributed by atoms with Crippen LogP contribution in [0.4, 0.5) is 4.79 Å². The van der Waals surface area contributed by atoms with Crippen LogP contribution in [-0.2, 0) is 4.74 Å². The summed E-state index contributed by atoms with van der Waals surface area (Å²) in [5.74, 6) is 0.242. The van der Waals surface area contributed by atoms with Gasteiger partial charge in [0, 0.05) is 0 Å². The highest BCUT2D eigenvalue weighted by Gasteiger charge is 2.35. The largest absolute Gasteiger partial charge is 0.444 e. The van der Waals surface area contributed by atoms with Crippen molar-refractivity contribution in [3.63, 3.8) is 0 Å². The van der Waals surface area contributed by atoms with Crippen molar-refractivity contribution in [2.75, 3.05) is 6.61 Å². The molecule has 0 saturated carbocycles. The van der Waals surface area contributed by atoms with E-state index in [9.17, 15) is 4.79 Å². The fraction of sp³-hybridized carbons (Fsp3) is 0.857. The lowest BCUT2D eigenvalue weighted by molar-refractivity contribution is 0.0882. The van der Waals surface area contributed by atoms with Gasteiger partial charge in [0.1, 0.15) is 6.10 Å². The first-order valence-corrected chi connectivity index (χ1v) is 3.73. The minimum atomic E-state index is -0.428. The minimum absolute atomic E-state index is 0.0609. The number of hydrogen-bond acceptors (Lipinski definition) is 3. The lowest BCUT2D eigenvalue weighted by atomic mass is 10.0. The SMILES string of the molecule is CC(C)C1OC(=O)NC1CO. The number of alkyl carbamates (subject to hydrolysis) is 1. The number of nitrogens with one attached hydrogen (secondary N) is 1. The van der Waals surface area contributed by atoms with Crippen LogP contribution in [0.2, 0.25) is 0 Å². The topological polar surface area (TPSA) is 58.6 Å². The van der Waals surface area contributed by atoms with Crippen LogP contribution in [0.15, 0.2) is 0 Å². The van der Waals surface area contributed by atoms with Crippen LogP contribution in [-0.4, -0.2) is 30.0 Å². The van der Waals surface area contributed by atoms with E-state index in [2.05, 4.69) is 5.32 Å². The zero-order valence-corrected chi connectivity index (χ0v) is 6.70. The molecule has 1 fully saturated rings. The summed E-state index contributed by atoms with van der Waals surface area (Å²) in [5.41, 5.74) is 0. The molecule has 2 N–H and O–H groups in total. The Bertz CT molecular complexity index is 158. The Morgan fingerprint density at radius 3 is 2.73 bits per heavy atom. The van der Waals surface area contributed by atoms with Gasteiger partial charge in [-0.05, 0) is 5.92 Å². The van der Waals surface area contributed by atoms with Crippen molar-refractivity contribution in [3.05, 3.63) is 0 Å². The maximum Gasteiger partial charge on any atom is 0.407 e. The smallest absolute Gasteiger partial charge is 0.407 e. The Balaban J connectivity index is 2.57. The van der Waals surface area contributed by atoms with Gasteiger partial charge >= 0.3 is 6.09 Å². The van der Waals surface area contributed by atoms with Crippen LogP contribution in [0, 0.1) is 5.92 Å². The number of aliphatic hydroxyl groups is 1. The summed E-state index contributed by atoms with van der Waals surface area (Å²) in [5, 5.41) is 11.3. The Kier molecular flexibility index (Phi) is 2.34. The molecule has 2 atom stereocenters. The molecule has 0 radical (unpaired) electrons. The normalized spacial score (nSPS) is 30.4. The van der Waals surface area contributed by atoms with Gasteiger partial charge < -0.3 is 15.2 Å². The molecule has 1 amide bonds. The molecule has 1 saturated heterocycles. The first-order chi connectivity index (χ1) is 5.15. The van der Waals surface area contributed by atoms with E-state index in [0.717, 1.165) is 0 Å². The molecule has 0 aromatic carbocycles. The van der Waals surface area contributed by atoms with Gasteiger partial charge in [-0.2, -0.15) is 0 Å². The number of carbonyl (C=O) groups is 1. The quantitative estimate of drug-likeness (QED) is 0.601. The molecule has 4 nitrogen and oxygen atoms in total. The predicted molar refractivity (Wildman–Crippen MR) is 39.1 cm³/mol. The Morgan fingerprint density at radius 1 is 1.73 bits per heavy atom. The zero-order valence-electron chi connectivity index (χ0n) is 6.70. The second kappa shape index (κ2) is 3.09. The van der Waals surface area contributed by atoms with Gasteiger partial charge in [0.05, 0.1) is 12.6 Å². The number of rotatable bonds is 2. The van der Waals surface area contributed by atoms with Crippen molar-refractivity contribution in [2.45, 2.75) is 26.0 Å². The molecule has 0 aliphatic carbocycles. The maximum atomic E-state index is 10.7. The molecule has 0 spiro atoms. The van der Waals surface area contributed by atoms with Gasteiger partial charge in [0.25, 0.3) is 0 Å². The molecule has 64 valence electrons. The molecule has 0 aromatic heterocycles. The minimum Gasteiger partial charge on any atom is -0.444 e. The molecule has 1 aliphatic rings. The van der Waals surface area contributed by atoms with Crippen LogP contribution in [0.1, 0.15) is 13.8 Å². The Hall–Kier alpha value is -0.770. The fourth-order valence-electron chi connectivity index (χ4n) is 1.22. The molecule has 1 aliphatic heterocycles. The predicted octanol–water partition coefficient (Wildman–Crippen LogP) is 0.112. The molecule has 1 heterocycles. The summed E-state index contributed by atoms with van der Waals surface area (Å²) in [4.78, 5) is 10.7. The molecule has 4 heteroatoms. The third-order valence-electron chi connectivity index (χ3n) is 1.80. The highest BCUT2D eigenvalue weighted by molar-refractivity contribution is 5.70. The fourth-order valence-corrected chi connectivity index (χ4v) is 1.22. The second-order valence-electron chi connectivity index (χ2n) is 3.05. The highest BCUT2D eigenvalue weighted by Crippen LogP contribution is 2.16. The van der Waals surface area contributed by atoms with Gasteiger partial charge in [-0.15, -0.1) is 0 Å². The molecule has 1 rings (SSSR count). The van der Waals surface area contributed by atoms with Crippen molar-refractivity contribution < 1.29 is 14.6 Å². The van der Waals surface area contributed by atoms with Crippen molar-refractivity contribution in [1.82, 2.24) is 5.32 Å². The molecule has 2 unspecified atom stereocenters. The van der Waals surface area contributed by atoms with Crippen LogP contribution >= 0.6 is 0 Å². The van der Waals surface area contributed by atoms with E-state index < -0.39 is 6.09 Å². The van der Waals surface area contributed by atoms with Crippen molar-refractivity contribution in [3.8, 4) is 0 Å². The van der Waals surface area contributed by atoms with E-state index in [0.29, 0.717) is 0 Å². The van der Waals surface area contributed by atoms with Crippen LogP contribution in [0.5, 0.6) is 0 Å². The van der Waals surface area contributed by atoms with E-state index in [1.54, 1.807) is 0 Å². The molecule has 11 heavy (non-hydrogen) atoms. The summed E-state index contributed by atoms with van der Waals surface area (Å²) in [7, 11) is 0. The number of cyclic esters (lactones) is 1. The lowest BCUT2D eigenvalue weighted by Gasteiger charge is -2.17. The number of amides is 1.